The summed E-state index contributed by atoms with van der Waals surface area (Å²) in [6.07, 6.45) is -0.276. The molecule has 2 aliphatic heterocycles. The number of rotatable bonds is 5. The summed E-state index contributed by atoms with van der Waals surface area (Å²) in [4.78, 5) is 8.49. The van der Waals surface area contributed by atoms with Gasteiger partial charge in [-0.2, -0.15) is 0 Å². The molecule has 0 unspecified atom stereocenters. The molecule has 5 rings (SSSR count). The number of alkyl halides is 2. The van der Waals surface area contributed by atoms with Gasteiger partial charge in [-0.15, -0.1) is 0 Å². The average molecular weight is 437 g/mol. The minimum Gasteiger partial charge on any atom is -0.387 e. The molecule has 30 heavy (non-hydrogen) atoms. The van der Waals surface area contributed by atoms with Crippen LogP contribution in [-0.4, -0.2) is 30.5 Å². The molecular formula is C21H20ClF3N4O. The van der Waals surface area contributed by atoms with Crippen molar-refractivity contribution in [3.63, 3.8) is 0 Å². The third-order valence-corrected chi connectivity index (χ3v) is 6.54. The van der Waals surface area contributed by atoms with Crippen molar-refractivity contribution in [3.05, 3.63) is 58.6 Å². The number of anilines is 1. The predicted octanol–water partition coefficient (Wildman–Crippen LogP) is 4.07. The molecule has 3 aliphatic rings. The molecule has 5 nitrogen and oxygen atoms in total. The fraction of sp³-hybridized carbons (Fsp3) is 0.429. The summed E-state index contributed by atoms with van der Waals surface area (Å²) in [5.41, 5.74) is 4.33. The molecule has 3 heterocycles. The van der Waals surface area contributed by atoms with E-state index < -0.39 is 29.2 Å². The van der Waals surface area contributed by atoms with E-state index in [9.17, 15) is 13.2 Å². The molecule has 0 spiro atoms. The number of nitrogens with two attached hydrogens (primary N) is 1. The van der Waals surface area contributed by atoms with Gasteiger partial charge in [0, 0.05) is 23.9 Å². The zero-order valence-corrected chi connectivity index (χ0v) is 16.7. The molecule has 1 saturated heterocycles. The van der Waals surface area contributed by atoms with Crippen LogP contribution in [0.25, 0.3) is 0 Å². The number of nitrogens with zero attached hydrogens (tertiary/aromatic N) is 2. The summed E-state index contributed by atoms with van der Waals surface area (Å²) in [6, 6.07) is 7.65. The Bertz CT molecular complexity index is 1010. The Balaban J connectivity index is 1.54. The van der Waals surface area contributed by atoms with Crippen LogP contribution in [0.3, 0.4) is 0 Å². The third-order valence-electron chi connectivity index (χ3n) is 6.32. The van der Waals surface area contributed by atoms with E-state index in [-0.39, 0.29) is 17.3 Å². The first-order chi connectivity index (χ1) is 14.3. The lowest BCUT2D eigenvalue weighted by Gasteiger charge is -2.42. The smallest absolute Gasteiger partial charge is 0.267 e. The van der Waals surface area contributed by atoms with E-state index >= 15 is 0 Å². The summed E-state index contributed by atoms with van der Waals surface area (Å²) >= 11 is 5.93. The molecule has 0 amide bonds. The van der Waals surface area contributed by atoms with Gasteiger partial charge in [-0.25, -0.2) is 13.2 Å². The Labute approximate surface area is 176 Å². The first-order valence-electron chi connectivity index (χ1n) is 9.74. The summed E-state index contributed by atoms with van der Waals surface area (Å²) in [5, 5.41) is 3.81. The topological polar surface area (TPSA) is 72.5 Å². The fourth-order valence-electron chi connectivity index (χ4n) is 4.67. The Morgan fingerprint density at radius 2 is 2.03 bits per heavy atom. The van der Waals surface area contributed by atoms with E-state index in [2.05, 4.69) is 15.3 Å². The van der Waals surface area contributed by atoms with Crippen LogP contribution in [-0.2, 0) is 15.8 Å². The fourth-order valence-corrected chi connectivity index (χ4v) is 4.78. The number of halogens is 4. The van der Waals surface area contributed by atoms with Crippen LogP contribution in [0.1, 0.15) is 24.1 Å². The van der Waals surface area contributed by atoms with E-state index in [4.69, 9.17) is 22.1 Å². The quantitative estimate of drug-likeness (QED) is 0.741. The van der Waals surface area contributed by atoms with Crippen molar-refractivity contribution in [2.24, 2.45) is 22.6 Å². The zero-order valence-electron chi connectivity index (χ0n) is 15.9. The van der Waals surface area contributed by atoms with Crippen molar-refractivity contribution in [1.82, 2.24) is 4.98 Å². The van der Waals surface area contributed by atoms with Crippen LogP contribution >= 0.6 is 11.6 Å². The summed E-state index contributed by atoms with van der Waals surface area (Å²) in [6.45, 7) is 0.675. The van der Waals surface area contributed by atoms with Gasteiger partial charge in [-0.05, 0) is 48.6 Å². The molecule has 1 saturated carbocycles. The average Bonchev–Trinajstić information content (AvgIpc) is 3.45. The molecule has 0 radical (unpaired) electrons. The Morgan fingerprint density at radius 1 is 1.23 bits per heavy atom. The highest BCUT2D eigenvalue weighted by atomic mass is 35.5. The van der Waals surface area contributed by atoms with Gasteiger partial charge in [-0.1, -0.05) is 11.6 Å². The van der Waals surface area contributed by atoms with Crippen LogP contribution < -0.4 is 11.1 Å². The van der Waals surface area contributed by atoms with Crippen LogP contribution in [0.5, 0.6) is 0 Å². The molecule has 9 heteroatoms. The van der Waals surface area contributed by atoms with E-state index in [1.165, 1.54) is 24.4 Å². The van der Waals surface area contributed by atoms with E-state index in [1.807, 2.05) is 0 Å². The van der Waals surface area contributed by atoms with Crippen LogP contribution in [0.15, 0.2) is 41.5 Å². The largest absolute Gasteiger partial charge is 0.387 e. The van der Waals surface area contributed by atoms with Gasteiger partial charge in [0.25, 0.3) is 6.43 Å². The maximum absolute atomic E-state index is 14.9. The molecule has 2 fully saturated rings. The number of ether oxygens (including phenoxy) is 1. The number of aromatic nitrogens is 1. The number of aliphatic imine (C=N–C) groups is 1. The van der Waals surface area contributed by atoms with Crippen LogP contribution in [0.2, 0.25) is 5.02 Å². The van der Waals surface area contributed by atoms with E-state index in [0.29, 0.717) is 42.5 Å². The monoisotopic (exact) mass is 436 g/mol. The molecule has 1 aromatic carbocycles. The van der Waals surface area contributed by atoms with Gasteiger partial charge >= 0.3 is 0 Å². The van der Waals surface area contributed by atoms with E-state index in [0.717, 1.165) is 0 Å². The number of hydrogen-bond acceptors (Lipinski definition) is 5. The Hall–Kier alpha value is -2.32. The number of pyridine rings is 1. The molecule has 3 atom stereocenters. The minimum atomic E-state index is -2.87. The highest BCUT2D eigenvalue weighted by molar-refractivity contribution is 6.30. The third kappa shape index (κ3) is 2.96. The number of fused-ring (bicyclic) bond motifs is 1. The van der Waals surface area contributed by atoms with Gasteiger partial charge < -0.3 is 15.8 Å². The van der Waals surface area contributed by atoms with Crippen LogP contribution in [0, 0.1) is 17.7 Å². The second kappa shape index (κ2) is 6.85. The molecule has 158 valence electrons. The Morgan fingerprint density at radius 3 is 2.67 bits per heavy atom. The standard InChI is InChI=1S/C21H20ClF3N4O/c22-12-1-4-17(27-8-12)20(9-30-10-20)28-13-2-3-16(23)15(7-13)21(19(24)25)14-5-11(14)6-18(26)29-21/h1-4,7-8,11,14,19,28H,5-6,9-10H2,(H2,26,29)/t11-,14-,21-/m0/s1. The maximum Gasteiger partial charge on any atom is 0.267 e. The first kappa shape index (κ1) is 19.6. The zero-order chi connectivity index (χ0) is 21.1. The summed E-state index contributed by atoms with van der Waals surface area (Å²) in [7, 11) is 0. The number of nitrogens with one attached hydrogen (secondary N) is 1. The highest BCUT2D eigenvalue weighted by Crippen LogP contribution is 2.60. The summed E-state index contributed by atoms with van der Waals surface area (Å²) in [5.74, 6) is -0.944. The lowest BCUT2D eigenvalue weighted by atomic mass is 9.81. The van der Waals surface area contributed by atoms with Crippen molar-refractivity contribution in [1.29, 1.82) is 0 Å². The van der Waals surface area contributed by atoms with E-state index in [1.54, 1.807) is 12.1 Å². The molecule has 3 N–H and O–H groups in total. The normalized spacial score (nSPS) is 29.0. The predicted molar refractivity (Wildman–Crippen MR) is 107 cm³/mol. The van der Waals surface area contributed by atoms with Crippen molar-refractivity contribution in [2.45, 2.75) is 30.3 Å². The van der Waals surface area contributed by atoms with Gasteiger partial charge in [0.15, 0.2) is 5.54 Å². The van der Waals surface area contributed by atoms with Gasteiger partial charge in [0.2, 0.25) is 0 Å². The lowest BCUT2D eigenvalue weighted by molar-refractivity contribution is -0.0467. The van der Waals surface area contributed by atoms with Gasteiger partial charge in [-0.3, -0.25) is 9.98 Å². The van der Waals surface area contributed by atoms with Crippen molar-refractivity contribution >= 4 is 23.1 Å². The molecule has 1 aliphatic carbocycles. The minimum absolute atomic E-state index is 0.0251. The molecule has 2 aromatic rings. The maximum atomic E-state index is 14.9. The van der Waals surface area contributed by atoms with Crippen molar-refractivity contribution < 1.29 is 17.9 Å². The number of hydrogen-bond donors (Lipinski definition) is 2. The van der Waals surface area contributed by atoms with Crippen LogP contribution in [0.4, 0.5) is 18.9 Å². The molecule has 0 bridgehead atoms. The SMILES string of the molecule is NC1=N[C@@](c2cc(NC3(c4ccc(Cl)cn4)COC3)ccc2F)(C(F)F)[C@H]2C[C@H]2C1. The second-order valence-electron chi connectivity index (χ2n) is 8.29. The van der Waals surface area contributed by atoms with Gasteiger partial charge in [0.1, 0.15) is 11.4 Å². The van der Waals surface area contributed by atoms with Crippen molar-refractivity contribution in [3.8, 4) is 0 Å². The Kier molecular flexibility index (Phi) is 4.48. The molecule has 1 aromatic heterocycles. The lowest BCUT2D eigenvalue weighted by Crippen LogP contribution is -2.53. The number of amidine groups is 1. The molecular weight excluding hydrogens is 417 g/mol. The highest BCUT2D eigenvalue weighted by Gasteiger charge is 2.62. The van der Waals surface area contributed by atoms with Crippen molar-refractivity contribution in [2.75, 3.05) is 18.5 Å². The first-order valence-corrected chi connectivity index (χ1v) is 10.1. The summed E-state index contributed by atoms with van der Waals surface area (Å²) < 4.78 is 48.9. The van der Waals surface area contributed by atoms with Gasteiger partial charge in [0.05, 0.1) is 29.8 Å². The second-order valence-corrected chi connectivity index (χ2v) is 8.73. The number of benzene rings is 1.